The molecule has 11 heavy (non-hydrogen) atoms. The zero-order chi connectivity index (χ0) is 8.27. The third-order valence-electron chi connectivity index (χ3n) is 3.29. The number of hydrogen-bond acceptors (Lipinski definition) is 0. The predicted octanol–water partition coefficient (Wildman–Crippen LogP) is 3.86. The molecule has 0 nitrogen and oxygen atoms in total. The van der Waals surface area contributed by atoms with Gasteiger partial charge >= 0.3 is 0 Å². The Balaban J connectivity index is 2.22. The zero-order valence-corrected chi connectivity index (χ0v) is 8.27. The van der Waals surface area contributed by atoms with Crippen LogP contribution in [0.25, 0.3) is 0 Å². The normalized spacial score (nSPS) is 31.9. The highest BCUT2D eigenvalue weighted by Gasteiger charge is 2.39. The van der Waals surface area contributed by atoms with Crippen molar-refractivity contribution in [3.05, 3.63) is 0 Å². The molecular formula is C11H22. The minimum atomic E-state index is 1.06. The lowest BCUT2D eigenvalue weighted by atomic mass is 9.94. The van der Waals surface area contributed by atoms with Gasteiger partial charge in [0.15, 0.2) is 0 Å². The van der Waals surface area contributed by atoms with Crippen molar-refractivity contribution in [2.24, 2.45) is 17.8 Å². The lowest BCUT2D eigenvalue weighted by Crippen LogP contribution is -2.02. The van der Waals surface area contributed by atoms with Crippen molar-refractivity contribution in [2.75, 3.05) is 0 Å². The van der Waals surface area contributed by atoms with E-state index in [4.69, 9.17) is 0 Å². The van der Waals surface area contributed by atoms with Crippen molar-refractivity contribution in [1.29, 1.82) is 0 Å². The summed E-state index contributed by atoms with van der Waals surface area (Å²) in [7, 11) is 0. The molecule has 0 aromatic carbocycles. The average Bonchev–Trinajstić information content (AvgIpc) is 2.79. The van der Waals surface area contributed by atoms with Crippen molar-refractivity contribution in [2.45, 2.75) is 52.9 Å². The fourth-order valence-electron chi connectivity index (χ4n) is 2.41. The van der Waals surface area contributed by atoms with E-state index in [1.54, 1.807) is 0 Å². The third kappa shape index (κ3) is 2.21. The van der Waals surface area contributed by atoms with Crippen molar-refractivity contribution in [1.82, 2.24) is 0 Å². The maximum absolute atomic E-state index is 2.35. The molecule has 66 valence electrons. The SMILES string of the molecule is CCCC(CC)C1CC1CC. The molecule has 1 saturated carbocycles. The molecule has 0 spiro atoms. The summed E-state index contributed by atoms with van der Waals surface area (Å²) in [6.07, 6.45) is 7.22. The maximum Gasteiger partial charge on any atom is -0.0355 e. The van der Waals surface area contributed by atoms with Crippen LogP contribution < -0.4 is 0 Å². The molecule has 3 unspecified atom stereocenters. The van der Waals surface area contributed by atoms with Gasteiger partial charge in [-0.2, -0.15) is 0 Å². The molecule has 0 radical (unpaired) electrons. The molecule has 1 aliphatic rings. The minimum Gasteiger partial charge on any atom is -0.0654 e. The first kappa shape index (κ1) is 9.09. The standard InChI is InChI=1S/C11H22/c1-4-7-9(5-2)11-8-10(11)6-3/h9-11H,4-8H2,1-3H3. The van der Waals surface area contributed by atoms with Gasteiger partial charge in [-0.15, -0.1) is 0 Å². The van der Waals surface area contributed by atoms with E-state index in [2.05, 4.69) is 20.8 Å². The molecule has 1 fully saturated rings. The van der Waals surface area contributed by atoms with Crippen LogP contribution in [-0.4, -0.2) is 0 Å². The van der Waals surface area contributed by atoms with Gasteiger partial charge < -0.3 is 0 Å². The molecule has 0 aromatic heterocycles. The average molecular weight is 154 g/mol. The number of hydrogen-bond donors (Lipinski definition) is 0. The van der Waals surface area contributed by atoms with E-state index < -0.39 is 0 Å². The lowest BCUT2D eigenvalue weighted by Gasteiger charge is -2.12. The number of rotatable bonds is 5. The predicted molar refractivity (Wildman–Crippen MR) is 50.6 cm³/mol. The van der Waals surface area contributed by atoms with Crippen molar-refractivity contribution in [3.8, 4) is 0 Å². The van der Waals surface area contributed by atoms with Crippen LogP contribution in [-0.2, 0) is 0 Å². The summed E-state index contributed by atoms with van der Waals surface area (Å²) in [6, 6.07) is 0. The van der Waals surface area contributed by atoms with E-state index in [0.29, 0.717) is 0 Å². The summed E-state index contributed by atoms with van der Waals surface area (Å²) in [5, 5.41) is 0. The molecule has 0 saturated heterocycles. The highest BCUT2D eigenvalue weighted by molar-refractivity contribution is 4.89. The van der Waals surface area contributed by atoms with E-state index in [1.807, 2.05) is 0 Å². The highest BCUT2D eigenvalue weighted by Crippen LogP contribution is 2.48. The lowest BCUT2D eigenvalue weighted by molar-refractivity contribution is 0.387. The van der Waals surface area contributed by atoms with Crippen LogP contribution in [0.2, 0.25) is 0 Å². The first-order chi connectivity index (χ1) is 5.33. The first-order valence-electron chi connectivity index (χ1n) is 5.33. The van der Waals surface area contributed by atoms with Gasteiger partial charge in [0.2, 0.25) is 0 Å². The van der Waals surface area contributed by atoms with Crippen LogP contribution in [0, 0.1) is 17.8 Å². The topological polar surface area (TPSA) is 0 Å². The van der Waals surface area contributed by atoms with Gasteiger partial charge in [-0.1, -0.05) is 46.5 Å². The van der Waals surface area contributed by atoms with Crippen LogP contribution in [0.3, 0.4) is 0 Å². The zero-order valence-electron chi connectivity index (χ0n) is 8.27. The summed E-state index contributed by atoms with van der Waals surface area (Å²) in [5.74, 6) is 3.28. The van der Waals surface area contributed by atoms with Crippen LogP contribution >= 0.6 is 0 Å². The van der Waals surface area contributed by atoms with E-state index >= 15 is 0 Å². The molecule has 0 heteroatoms. The van der Waals surface area contributed by atoms with E-state index in [0.717, 1.165) is 17.8 Å². The Bertz CT molecular complexity index is 107. The van der Waals surface area contributed by atoms with Crippen molar-refractivity contribution in [3.63, 3.8) is 0 Å². The largest absolute Gasteiger partial charge is 0.0654 e. The molecule has 0 N–H and O–H groups in total. The molecule has 0 heterocycles. The molecule has 0 aromatic rings. The quantitative estimate of drug-likeness (QED) is 0.564. The van der Waals surface area contributed by atoms with Gasteiger partial charge in [0, 0.05) is 0 Å². The smallest absolute Gasteiger partial charge is 0.0355 e. The Morgan fingerprint density at radius 2 is 2.00 bits per heavy atom. The van der Waals surface area contributed by atoms with Crippen LogP contribution in [0.5, 0.6) is 0 Å². The molecule has 1 rings (SSSR count). The molecular weight excluding hydrogens is 132 g/mol. The van der Waals surface area contributed by atoms with Gasteiger partial charge in [0.1, 0.15) is 0 Å². The van der Waals surface area contributed by atoms with Gasteiger partial charge in [0.05, 0.1) is 0 Å². The molecule has 0 amide bonds. The molecule has 0 bridgehead atoms. The van der Waals surface area contributed by atoms with Crippen LogP contribution in [0.1, 0.15) is 52.9 Å². The molecule has 3 atom stereocenters. The second-order valence-electron chi connectivity index (χ2n) is 4.02. The molecule has 0 aliphatic heterocycles. The summed E-state index contributed by atoms with van der Waals surface area (Å²) in [5.41, 5.74) is 0. The van der Waals surface area contributed by atoms with Gasteiger partial charge in [-0.25, -0.2) is 0 Å². The Morgan fingerprint density at radius 1 is 1.27 bits per heavy atom. The Kier molecular flexibility index (Phi) is 3.42. The first-order valence-corrected chi connectivity index (χ1v) is 5.33. The summed E-state index contributed by atoms with van der Waals surface area (Å²) in [4.78, 5) is 0. The maximum atomic E-state index is 2.35. The second-order valence-corrected chi connectivity index (χ2v) is 4.02. The minimum absolute atomic E-state index is 1.06. The fourth-order valence-corrected chi connectivity index (χ4v) is 2.41. The van der Waals surface area contributed by atoms with Crippen LogP contribution in [0.4, 0.5) is 0 Å². The Morgan fingerprint density at radius 3 is 2.36 bits per heavy atom. The highest BCUT2D eigenvalue weighted by atomic mass is 14.4. The fraction of sp³-hybridized carbons (Fsp3) is 1.00. The van der Waals surface area contributed by atoms with Gasteiger partial charge in [0.25, 0.3) is 0 Å². The summed E-state index contributed by atoms with van der Waals surface area (Å²) < 4.78 is 0. The Hall–Kier alpha value is 0. The van der Waals surface area contributed by atoms with E-state index in [-0.39, 0.29) is 0 Å². The summed E-state index contributed by atoms with van der Waals surface area (Å²) in [6.45, 7) is 7.00. The van der Waals surface area contributed by atoms with Gasteiger partial charge in [-0.3, -0.25) is 0 Å². The Labute approximate surface area is 71.4 Å². The van der Waals surface area contributed by atoms with Crippen molar-refractivity contribution < 1.29 is 0 Å². The van der Waals surface area contributed by atoms with E-state index in [1.165, 1.54) is 32.1 Å². The monoisotopic (exact) mass is 154 g/mol. The van der Waals surface area contributed by atoms with Crippen LogP contribution in [0.15, 0.2) is 0 Å². The second kappa shape index (κ2) is 4.13. The van der Waals surface area contributed by atoms with Crippen molar-refractivity contribution >= 4 is 0 Å². The van der Waals surface area contributed by atoms with Gasteiger partial charge in [-0.05, 0) is 24.2 Å². The third-order valence-corrected chi connectivity index (χ3v) is 3.29. The summed E-state index contributed by atoms with van der Waals surface area (Å²) >= 11 is 0. The molecule has 1 aliphatic carbocycles. The van der Waals surface area contributed by atoms with E-state index in [9.17, 15) is 0 Å².